The number of aliphatic carboxylic acids is 1. The van der Waals surface area contributed by atoms with Crippen molar-refractivity contribution in [3.63, 3.8) is 0 Å². The summed E-state index contributed by atoms with van der Waals surface area (Å²) in [7, 11) is 0. The lowest BCUT2D eigenvalue weighted by Gasteiger charge is -2.16. The molecule has 2 N–H and O–H groups in total. The van der Waals surface area contributed by atoms with Crippen LogP contribution in [0.25, 0.3) is 0 Å². The highest BCUT2D eigenvalue weighted by Gasteiger charge is 2.36. The summed E-state index contributed by atoms with van der Waals surface area (Å²) in [5.41, 5.74) is 0. The number of unbranched alkanes of at least 4 members (excludes halogenated alkanes) is 1. The number of hydrogen-bond acceptors (Lipinski definition) is 2. The summed E-state index contributed by atoms with van der Waals surface area (Å²) in [5, 5.41) is 11.7. The number of nitrogens with zero attached hydrogens (tertiary/aromatic N) is 1. The van der Waals surface area contributed by atoms with Crippen molar-refractivity contribution in [3.05, 3.63) is 0 Å². The van der Waals surface area contributed by atoms with E-state index in [9.17, 15) is 9.59 Å². The van der Waals surface area contributed by atoms with Crippen LogP contribution in [-0.2, 0) is 4.79 Å². The van der Waals surface area contributed by atoms with Crippen LogP contribution in [0.4, 0.5) is 4.79 Å². The van der Waals surface area contributed by atoms with Crippen LogP contribution in [0, 0.1) is 11.8 Å². The number of likely N-dealkylation sites (tertiary alicyclic amines) is 1. The van der Waals surface area contributed by atoms with Gasteiger partial charge in [0.15, 0.2) is 0 Å². The molecule has 16 heavy (non-hydrogen) atoms. The van der Waals surface area contributed by atoms with E-state index in [1.165, 1.54) is 0 Å². The van der Waals surface area contributed by atoms with Gasteiger partial charge in [-0.1, -0.05) is 20.3 Å². The van der Waals surface area contributed by atoms with Crippen LogP contribution in [0.5, 0.6) is 0 Å². The summed E-state index contributed by atoms with van der Waals surface area (Å²) in [6.07, 6.45) is 1.99. The standard InChI is InChI=1S/C11H20N2O3/c1-3-4-5-12-11(16)13-6-8(2)9(7-13)10(14)15/h8-9H,3-7H2,1-2H3,(H,12,16)(H,14,15)/t8-,9-/m1/s1. The molecule has 0 saturated carbocycles. The van der Waals surface area contributed by atoms with Crippen LogP contribution >= 0.6 is 0 Å². The van der Waals surface area contributed by atoms with Crippen LogP contribution in [0.15, 0.2) is 0 Å². The van der Waals surface area contributed by atoms with Gasteiger partial charge in [-0.15, -0.1) is 0 Å². The summed E-state index contributed by atoms with van der Waals surface area (Å²) in [4.78, 5) is 24.1. The second-order valence-corrected chi connectivity index (χ2v) is 4.41. The lowest BCUT2D eigenvalue weighted by molar-refractivity contribution is -0.142. The summed E-state index contributed by atoms with van der Waals surface area (Å²) in [6.45, 7) is 5.46. The van der Waals surface area contributed by atoms with Crippen molar-refractivity contribution in [2.24, 2.45) is 11.8 Å². The van der Waals surface area contributed by atoms with Crippen molar-refractivity contribution in [1.29, 1.82) is 0 Å². The lowest BCUT2D eigenvalue weighted by Crippen LogP contribution is -2.39. The lowest BCUT2D eigenvalue weighted by atomic mass is 9.99. The third-order valence-corrected chi connectivity index (χ3v) is 3.02. The molecule has 5 nitrogen and oxygen atoms in total. The first-order valence-corrected chi connectivity index (χ1v) is 5.81. The number of hydrogen-bond donors (Lipinski definition) is 2. The normalized spacial score (nSPS) is 24.5. The highest BCUT2D eigenvalue weighted by Crippen LogP contribution is 2.22. The van der Waals surface area contributed by atoms with Gasteiger partial charge in [0.05, 0.1) is 5.92 Å². The molecule has 0 aromatic heterocycles. The number of nitrogens with one attached hydrogen (secondary N) is 1. The maximum Gasteiger partial charge on any atom is 0.317 e. The zero-order valence-corrected chi connectivity index (χ0v) is 9.90. The average molecular weight is 228 g/mol. The molecule has 0 aromatic carbocycles. The summed E-state index contributed by atoms with van der Waals surface area (Å²) in [6, 6.07) is -0.135. The average Bonchev–Trinajstić information content (AvgIpc) is 2.60. The number of carbonyl (C=O) groups is 2. The zero-order chi connectivity index (χ0) is 12.1. The fourth-order valence-corrected chi connectivity index (χ4v) is 1.94. The number of carboxylic acid groups (broad SMARTS) is 1. The van der Waals surface area contributed by atoms with Crippen molar-refractivity contribution < 1.29 is 14.7 Å². The number of rotatable bonds is 4. The molecule has 0 aliphatic carbocycles. The number of urea groups is 1. The van der Waals surface area contributed by atoms with Gasteiger partial charge in [-0.2, -0.15) is 0 Å². The van der Waals surface area contributed by atoms with E-state index in [0.29, 0.717) is 19.6 Å². The molecule has 1 rings (SSSR count). The minimum Gasteiger partial charge on any atom is -0.481 e. The van der Waals surface area contributed by atoms with Crippen LogP contribution in [0.2, 0.25) is 0 Å². The Hall–Kier alpha value is -1.26. The third kappa shape index (κ3) is 3.12. The second-order valence-electron chi connectivity index (χ2n) is 4.41. The van der Waals surface area contributed by atoms with E-state index in [1.807, 2.05) is 6.92 Å². The van der Waals surface area contributed by atoms with Gasteiger partial charge in [-0.05, 0) is 12.3 Å². The molecule has 92 valence electrons. The van der Waals surface area contributed by atoms with Gasteiger partial charge < -0.3 is 15.3 Å². The molecule has 0 spiro atoms. The molecular formula is C11H20N2O3. The molecule has 1 fully saturated rings. The Balaban J connectivity index is 2.39. The Labute approximate surface area is 95.8 Å². The maximum atomic E-state index is 11.7. The summed E-state index contributed by atoms with van der Waals surface area (Å²) in [5.74, 6) is -1.19. The molecule has 2 atom stereocenters. The number of amides is 2. The maximum absolute atomic E-state index is 11.7. The van der Waals surface area contributed by atoms with Crippen molar-refractivity contribution in [2.75, 3.05) is 19.6 Å². The minimum absolute atomic E-state index is 0.0365. The molecule has 1 saturated heterocycles. The first kappa shape index (κ1) is 12.8. The molecule has 0 radical (unpaired) electrons. The van der Waals surface area contributed by atoms with E-state index in [4.69, 9.17) is 5.11 Å². The number of carbonyl (C=O) groups excluding carboxylic acids is 1. The van der Waals surface area contributed by atoms with E-state index < -0.39 is 11.9 Å². The second kappa shape index (κ2) is 5.72. The first-order chi connectivity index (χ1) is 7.56. The summed E-state index contributed by atoms with van der Waals surface area (Å²) < 4.78 is 0. The Morgan fingerprint density at radius 1 is 1.44 bits per heavy atom. The van der Waals surface area contributed by atoms with Crippen molar-refractivity contribution >= 4 is 12.0 Å². The Morgan fingerprint density at radius 3 is 2.62 bits per heavy atom. The summed E-state index contributed by atoms with van der Waals surface area (Å²) >= 11 is 0. The van der Waals surface area contributed by atoms with E-state index in [0.717, 1.165) is 12.8 Å². The molecule has 1 aliphatic heterocycles. The highest BCUT2D eigenvalue weighted by atomic mass is 16.4. The first-order valence-electron chi connectivity index (χ1n) is 5.81. The Kier molecular flexibility index (Phi) is 4.58. The minimum atomic E-state index is -0.809. The van der Waals surface area contributed by atoms with Crippen LogP contribution in [0.1, 0.15) is 26.7 Å². The van der Waals surface area contributed by atoms with Gasteiger partial charge in [-0.3, -0.25) is 4.79 Å². The molecule has 0 aromatic rings. The molecule has 2 amide bonds. The smallest absolute Gasteiger partial charge is 0.317 e. The van der Waals surface area contributed by atoms with Crippen molar-refractivity contribution in [2.45, 2.75) is 26.7 Å². The molecule has 1 heterocycles. The zero-order valence-electron chi connectivity index (χ0n) is 9.90. The fraction of sp³-hybridized carbons (Fsp3) is 0.818. The predicted octanol–water partition coefficient (Wildman–Crippen LogP) is 1.15. The molecule has 5 heteroatoms. The molecule has 0 bridgehead atoms. The largest absolute Gasteiger partial charge is 0.481 e. The van der Waals surface area contributed by atoms with E-state index in [2.05, 4.69) is 12.2 Å². The topological polar surface area (TPSA) is 69.6 Å². The van der Waals surface area contributed by atoms with Crippen molar-refractivity contribution in [3.8, 4) is 0 Å². The van der Waals surface area contributed by atoms with E-state index >= 15 is 0 Å². The van der Waals surface area contributed by atoms with Gasteiger partial charge in [0.2, 0.25) is 0 Å². The highest BCUT2D eigenvalue weighted by molar-refractivity contribution is 5.77. The van der Waals surface area contributed by atoms with E-state index in [-0.39, 0.29) is 11.9 Å². The van der Waals surface area contributed by atoms with Gasteiger partial charge in [0, 0.05) is 19.6 Å². The van der Waals surface area contributed by atoms with Gasteiger partial charge in [0.25, 0.3) is 0 Å². The molecular weight excluding hydrogens is 208 g/mol. The fourth-order valence-electron chi connectivity index (χ4n) is 1.94. The van der Waals surface area contributed by atoms with E-state index in [1.54, 1.807) is 4.90 Å². The molecule has 0 unspecified atom stereocenters. The van der Waals surface area contributed by atoms with Crippen molar-refractivity contribution in [1.82, 2.24) is 10.2 Å². The quantitative estimate of drug-likeness (QED) is 0.709. The Morgan fingerprint density at radius 2 is 2.12 bits per heavy atom. The van der Waals surface area contributed by atoms with Gasteiger partial charge in [0.1, 0.15) is 0 Å². The predicted molar refractivity (Wildman–Crippen MR) is 60.2 cm³/mol. The van der Waals surface area contributed by atoms with Crippen LogP contribution in [0.3, 0.4) is 0 Å². The van der Waals surface area contributed by atoms with Gasteiger partial charge in [-0.25, -0.2) is 4.79 Å². The van der Waals surface area contributed by atoms with Crippen LogP contribution in [-0.4, -0.2) is 41.6 Å². The molecule has 1 aliphatic rings. The number of carboxylic acids is 1. The van der Waals surface area contributed by atoms with Crippen LogP contribution < -0.4 is 5.32 Å². The monoisotopic (exact) mass is 228 g/mol. The third-order valence-electron chi connectivity index (χ3n) is 3.02. The SMILES string of the molecule is CCCCNC(=O)N1C[C@@H](C)[C@H](C(=O)O)C1. The Bertz CT molecular complexity index is 268. The van der Waals surface area contributed by atoms with Gasteiger partial charge >= 0.3 is 12.0 Å².